The summed E-state index contributed by atoms with van der Waals surface area (Å²) in [7, 11) is 1.90. The molecule has 0 radical (unpaired) electrons. The molecule has 3 aromatic heterocycles. The molecule has 4 aromatic rings. The average Bonchev–Trinajstić information content (AvgIpc) is 3.29. The number of hydrogen-bond acceptors (Lipinski definition) is 7. The smallest absolute Gasteiger partial charge is 0.292 e. The first-order valence-corrected chi connectivity index (χ1v) is 10.8. The Kier molecular flexibility index (Phi) is 4.79. The van der Waals surface area contributed by atoms with Crippen LogP contribution in [0.5, 0.6) is 5.75 Å². The van der Waals surface area contributed by atoms with Crippen LogP contribution >= 0.6 is 11.3 Å². The summed E-state index contributed by atoms with van der Waals surface area (Å²) in [5.41, 5.74) is 1.27. The molecule has 156 valence electrons. The van der Waals surface area contributed by atoms with Gasteiger partial charge in [0.15, 0.2) is 23.2 Å². The van der Waals surface area contributed by atoms with Crippen molar-refractivity contribution in [2.75, 3.05) is 5.32 Å². The van der Waals surface area contributed by atoms with Crippen molar-refractivity contribution in [3.8, 4) is 34.1 Å². The molecule has 5 rings (SSSR count). The monoisotopic (exact) mass is 434 g/mol. The second-order valence-corrected chi connectivity index (χ2v) is 8.58. The molecule has 3 heterocycles. The van der Waals surface area contributed by atoms with Crippen molar-refractivity contribution in [3.63, 3.8) is 0 Å². The number of benzene rings is 1. The van der Waals surface area contributed by atoms with Gasteiger partial charge in [0.05, 0.1) is 5.39 Å². The molecule has 1 aliphatic rings. The van der Waals surface area contributed by atoms with E-state index in [4.69, 9.17) is 20.0 Å². The van der Waals surface area contributed by atoms with Crippen molar-refractivity contribution in [1.82, 2.24) is 19.5 Å². The number of aromatic nitrogens is 4. The second-order valence-electron chi connectivity index (χ2n) is 7.58. The van der Waals surface area contributed by atoms with Gasteiger partial charge in [-0.1, -0.05) is 12.1 Å². The lowest BCUT2D eigenvalue weighted by atomic mass is 9.93. The fourth-order valence-electron chi connectivity index (χ4n) is 3.74. The summed E-state index contributed by atoms with van der Waals surface area (Å²) in [6.07, 6.45) is 8.49. The minimum atomic E-state index is -0.565. The molecule has 0 amide bonds. The van der Waals surface area contributed by atoms with E-state index in [1.807, 2.05) is 24.7 Å². The van der Waals surface area contributed by atoms with Crippen molar-refractivity contribution in [2.45, 2.75) is 32.2 Å². The number of nitrogens with one attached hydrogen (secondary N) is 1. The highest BCUT2D eigenvalue weighted by Gasteiger charge is 2.25. The number of nitriles is 1. The fourth-order valence-corrected chi connectivity index (χ4v) is 4.94. The first-order chi connectivity index (χ1) is 15.1. The number of anilines is 1. The third-order valence-electron chi connectivity index (χ3n) is 5.62. The maximum atomic E-state index is 15.0. The van der Waals surface area contributed by atoms with Gasteiger partial charge in [-0.2, -0.15) is 0 Å². The predicted molar refractivity (Wildman–Crippen MR) is 117 cm³/mol. The number of halogens is 1. The number of fused-ring (bicyclic) bond motifs is 1. The summed E-state index contributed by atoms with van der Waals surface area (Å²) >= 11 is 1.40. The van der Waals surface area contributed by atoms with Crippen LogP contribution in [0, 0.1) is 24.3 Å². The van der Waals surface area contributed by atoms with Crippen LogP contribution in [0.2, 0.25) is 0 Å². The van der Waals surface area contributed by atoms with E-state index in [0.29, 0.717) is 23.3 Å². The molecule has 0 unspecified atom stereocenters. The van der Waals surface area contributed by atoms with E-state index < -0.39 is 5.82 Å². The zero-order valence-electron chi connectivity index (χ0n) is 17.0. The lowest BCUT2D eigenvalue weighted by Crippen LogP contribution is -2.27. The van der Waals surface area contributed by atoms with E-state index in [9.17, 15) is 0 Å². The lowest BCUT2D eigenvalue weighted by molar-refractivity contribution is 0.445. The minimum Gasteiger partial charge on any atom is -0.385 e. The van der Waals surface area contributed by atoms with Crippen molar-refractivity contribution in [3.05, 3.63) is 42.0 Å². The SMILES string of the molecule is Cc1c(-c2cccc(OC#N)c2F)sc2nc(-c3nccn3C)nc(NC3CCC3)c12. The number of rotatable bonds is 5. The molecule has 1 aliphatic carbocycles. The van der Waals surface area contributed by atoms with Gasteiger partial charge < -0.3 is 14.6 Å². The molecule has 1 fully saturated rings. The molecular weight excluding hydrogens is 415 g/mol. The third kappa shape index (κ3) is 3.29. The molecule has 0 saturated heterocycles. The van der Waals surface area contributed by atoms with Gasteiger partial charge in [-0.15, -0.1) is 16.6 Å². The molecule has 0 spiro atoms. The number of thiophene rings is 1. The van der Waals surface area contributed by atoms with Crippen LogP contribution < -0.4 is 10.1 Å². The highest BCUT2D eigenvalue weighted by Crippen LogP contribution is 2.43. The van der Waals surface area contributed by atoms with Gasteiger partial charge in [0.2, 0.25) is 0 Å². The Morgan fingerprint density at radius 2 is 2.16 bits per heavy atom. The van der Waals surface area contributed by atoms with Crippen molar-refractivity contribution < 1.29 is 9.13 Å². The van der Waals surface area contributed by atoms with E-state index in [-0.39, 0.29) is 5.75 Å². The summed E-state index contributed by atoms with van der Waals surface area (Å²) in [5, 5.41) is 13.2. The summed E-state index contributed by atoms with van der Waals surface area (Å²) in [5.74, 6) is 1.28. The molecule has 1 saturated carbocycles. The lowest BCUT2D eigenvalue weighted by Gasteiger charge is -2.27. The van der Waals surface area contributed by atoms with Gasteiger partial charge in [-0.05, 0) is 37.8 Å². The first kappa shape index (κ1) is 19.5. The topological polar surface area (TPSA) is 88.7 Å². The number of imidazole rings is 1. The number of nitrogens with zero attached hydrogens (tertiary/aromatic N) is 5. The molecular formula is C22H19FN6OS. The Morgan fingerprint density at radius 3 is 2.84 bits per heavy atom. The zero-order chi connectivity index (χ0) is 21.5. The summed E-state index contributed by atoms with van der Waals surface area (Å²) in [4.78, 5) is 15.4. The maximum Gasteiger partial charge on any atom is 0.292 e. The molecule has 0 bridgehead atoms. The van der Waals surface area contributed by atoms with E-state index in [1.54, 1.807) is 18.3 Å². The Bertz CT molecular complexity index is 1330. The van der Waals surface area contributed by atoms with Crippen LogP contribution in [0.15, 0.2) is 30.6 Å². The zero-order valence-corrected chi connectivity index (χ0v) is 17.8. The number of hydrogen-bond donors (Lipinski definition) is 1. The van der Waals surface area contributed by atoms with Gasteiger partial charge >= 0.3 is 0 Å². The molecule has 1 aromatic carbocycles. The van der Waals surface area contributed by atoms with Crippen LogP contribution in [-0.4, -0.2) is 25.6 Å². The Hall–Kier alpha value is -3.51. The van der Waals surface area contributed by atoms with Gasteiger partial charge in [0.25, 0.3) is 6.26 Å². The van der Waals surface area contributed by atoms with Crippen LogP contribution in [0.25, 0.3) is 32.3 Å². The summed E-state index contributed by atoms with van der Waals surface area (Å²) < 4.78 is 21.7. The molecule has 0 atom stereocenters. The third-order valence-corrected chi connectivity index (χ3v) is 6.84. The quantitative estimate of drug-likeness (QED) is 0.443. The minimum absolute atomic E-state index is 0.0931. The first-order valence-electron chi connectivity index (χ1n) is 9.97. The van der Waals surface area contributed by atoms with Crippen LogP contribution in [0.4, 0.5) is 10.2 Å². The van der Waals surface area contributed by atoms with Crippen LogP contribution in [0.1, 0.15) is 24.8 Å². The standard InChI is InChI=1S/C22H19FN6OS/c1-12-16-19(26-13-5-3-6-13)27-20(21-25-9-10-29(21)2)28-22(16)31-18(12)14-7-4-8-15(17(14)23)30-11-24/h4,7-10,13H,3,5-6H2,1-2H3,(H,26,27,28). The maximum absolute atomic E-state index is 15.0. The largest absolute Gasteiger partial charge is 0.385 e. The van der Waals surface area contributed by atoms with Crippen LogP contribution in [0.3, 0.4) is 0 Å². The normalized spacial score (nSPS) is 13.7. The highest BCUT2D eigenvalue weighted by atomic mass is 32.1. The molecule has 1 N–H and O–H groups in total. The highest BCUT2D eigenvalue weighted by molar-refractivity contribution is 7.22. The predicted octanol–water partition coefficient (Wildman–Crippen LogP) is 5.03. The molecule has 7 nitrogen and oxygen atoms in total. The Morgan fingerprint density at radius 1 is 1.32 bits per heavy atom. The molecule has 9 heteroatoms. The molecule has 31 heavy (non-hydrogen) atoms. The van der Waals surface area contributed by atoms with Gasteiger partial charge in [0.1, 0.15) is 10.6 Å². The number of aryl methyl sites for hydroxylation is 2. The van der Waals surface area contributed by atoms with Crippen molar-refractivity contribution >= 4 is 27.4 Å². The summed E-state index contributed by atoms with van der Waals surface area (Å²) in [6, 6.07) is 5.17. The van der Waals surface area contributed by atoms with Gasteiger partial charge in [-0.3, -0.25) is 0 Å². The Labute approximate surface area is 182 Å². The average molecular weight is 435 g/mol. The second kappa shape index (κ2) is 7.63. The van der Waals surface area contributed by atoms with E-state index in [2.05, 4.69) is 10.3 Å². The van der Waals surface area contributed by atoms with Gasteiger partial charge in [-0.25, -0.2) is 19.3 Å². The Balaban J connectivity index is 1.71. The molecule has 0 aliphatic heterocycles. The van der Waals surface area contributed by atoms with E-state index in [0.717, 1.165) is 39.3 Å². The van der Waals surface area contributed by atoms with E-state index >= 15 is 4.39 Å². The summed E-state index contributed by atoms with van der Waals surface area (Å²) in [6.45, 7) is 1.95. The van der Waals surface area contributed by atoms with Crippen molar-refractivity contribution in [1.29, 1.82) is 5.26 Å². The van der Waals surface area contributed by atoms with E-state index in [1.165, 1.54) is 30.1 Å². The van der Waals surface area contributed by atoms with Crippen molar-refractivity contribution in [2.24, 2.45) is 7.05 Å². The van der Waals surface area contributed by atoms with Gasteiger partial charge in [0, 0.05) is 35.9 Å². The fraction of sp³-hybridized carbons (Fsp3) is 0.273. The number of ether oxygens (including phenoxy) is 1. The van der Waals surface area contributed by atoms with Crippen LogP contribution in [-0.2, 0) is 7.05 Å².